The topological polar surface area (TPSA) is 60.8 Å². The quantitative estimate of drug-likeness (QED) is 0.204. The Kier molecular flexibility index (Phi) is 10.4. The van der Waals surface area contributed by atoms with Crippen molar-refractivity contribution in [2.75, 3.05) is 6.61 Å². The highest BCUT2D eigenvalue weighted by molar-refractivity contribution is 6.76. The van der Waals surface area contributed by atoms with Gasteiger partial charge in [0.25, 0.3) is 0 Å². The van der Waals surface area contributed by atoms with Crippen molar-refractivity contribution in [3.63, 3.8) is 0 Å². The molecule has 0 radical (unpaired) electrons. The maximum atomic E-state index is 8.31. The molecule has 8 heteroatoms. The molecule has 37 heavy (non-hydrogen) atoms. The minimum atomic E-state index is -1.83. The van der Waals surface area contributed by atoms with Crippen LogP contribution in [0.15, 0.2) is 91.0 Å². The van der Waals surface area contributed by atoms with Gasteiger partial charge in [0.1, 0.15) is 18.3 Å². The first kappa shape index (κ1) is 28.1. The largest absolute Gasteiger partial charge is 0.372 e. The summed E-state index contributed by atoms with van der Waals surface area (Å²) in [6, 6.07) is 29.7. The van der Waals surface area contributed by atoms with Crippen LogP contribution in [0.1, 0.15) is 23.1 Å². The van der Waals surface area contributed by atoms with Crippen molar-refractivity contribution in [1.29, 1.82) is 5.41 Å². The SMILES string of the molecule is N=C(C[C@H]1OC[C@@H](OCc2ccccc2)C(OCc2ccccc2)C1OCc1ccccc1)C(Cl)(Cl)Cl. The first-order valence-corrected chi connectivity index (χ1v) is 13.3. The van der Waals surface area contributed by atoms with Crippen molar-refractivity contribution in [3.05, 3.63) is 108 Å². The maximum absolute atomic E-state index is 8.31. The number of alkyl halides is 3. The lowest BCUT2D eigenvalue weighted by atomic mass is 9.95. The molecule has 0 spiro atoms. The van der Waals surface area contributed by atoms with Gasteiger partial charge in [0.15, 0.2) is 0 Å². The zero-order valence-electron chi connectivity index (χ0n) is 20.3. The van der Waals surface area contributed by atoms with E-state index in [1.807, 2.05) is 91.0 Å². The summed E-state index contributed by atoms with van der Waals surface area (Å²) in [5.74, 6) is 0. The molecule has 196 valence electrons. The summed E-state index contributed by atoms with van der Waals surface area (Å²) in [4.78, 5) is 0. The van der Waals surface area contributed by atoms with Crippen LogP contribution in [0.5, 0.6) is 0 Å². The molecule has 1 heterocycles. The molecule has 5 nitrogen and oxygen atoms in total. The van der Waals surface area contributed by atoms with Gasteiger partial charge in [-0.2, -0.15) is 0 Å². The molecular formula is C29H30Cl3NO4. The van der Waals surface area contributed by atoms with Crippen molar-refractivity contribution in [3.8, 4) is 0 Å². The average molecular weight is 563 g/mol. The number of ether oxygens (including phenoxy) is 4. The summed E-state index contributed by atoms with van der Waals surface area (Å²) in [6.07, 6.45) is -1.90. The number of rotatable bonds is 11. The lowest BCUT2D eigenvalue weighted by Gasteiger charge is -2.42. The fourth-order valence-corrected chi connectivity index (χ4v) is 4.41. The summed E-state index contributed by atoms with van der Waals surface area (Å²) in [6.45, 7) is 1.37. The monoisotopic (exact) mass is 561 g/mol. The normalized spacial score (nSPS) is 22.0. The summed E-state index contributed by atoms with van der Waals surface area (Å²) in [5.41, 5.74) is 3.02. The predicted octanol–water partition coefficient (Wildman–Crippen LogP) is 6.92. The van der Waals surface area contributed by atoms with E-state index < -0.39 is 28.2 Å². The van der Waals surface area contributed by atoms with E-state index in [4.69, 9.17) is 59.2 Å². The third kappa shape index (κ3) is 8.52. The second-order valence-corrected chi connectivity index (χ2v) is 11.2. The van der Waals surface area contributed by atoms with Crippen molar-refractivity contribution in [2.45, 2.75) is 54.4 Å². The molecule has 3 aromatic rings. The minimum absolute atomic E-state index is 0.0683. The van der Waals surface area contributed by atoms with Crippen LogP contribution < -0.4 is 0 Å². The second-order valence-electron chi connectivity index (χ2n) is 8.91. The molecule has 0 bridgehead atoms. The Bertz CT molecular complexity index is 1100. The highest BCUT2D eigenvalue weighted by atomic mass is 35.6. The third-order valence-electron chi connectivity index (χ3n) is 6.16. The Labute approximate surface area is 233 Å². The maximum Gasteiger partial charge on any atom is 0.228 e. The lowest BCUT2D eigenvalue weighted by molar-refractivity contribution is -0.236. The summed E-state index contributed by atoms with van der Waals surface area (Å²) < 4.78 is 23.6. The molecule has 1 fully saturated rings. The molecule has 0 amide bonds. The Morgan fingerprint density at radius 3 is 1.59 bits per heavy atom. The third-order valence-corrected chi connectivity index (χ3v) is 6.84. The molecule has 1 aliphatic heterocycles. The van der Waals surface area contributed by atoms with E-state index in [2.05, 4.69) is 0 Å². The minimum Gasteiger partial charge on any atom is -0.372 e. The molecule has 4 rings (SSSR count). The highest BCUT2D eigenvalue weighted by Gasteiger charge is 2.44. The highest BCUT2D eigenvalue weighted by Crippen LogP contribution is 2.33. The van der Waals surface area contributed by atoms with Crippen LogP contribution in [0.2, 0.25) is 0 Å². The van der Waals surface area contributed by atoms with Crippen molar-refractivity contribution in [2.24, 2.45) is 0 Å². The van der Waals surface area contributed by atoms with E-state index >= 15 is 0 Å². The standard InChI is InChI=1S/C29H30Cl3NO4/c30-29(31,32)26(33)16-24-27(36-18-22-12-6-2-7-13-22)28(37-19-23-14-8-3-9-15-23)25(20-35-24)34-17-21-10-4-1-5-11-21/h1-15,24-25,27-28,33H,16-20H2/t24-,25-,27?,28?/m1/s1. The van der Waals surface area contributed by atoms with Crippen molar-refractivity contribution in [1.82, 2.24) is 0 Å². The number of halogens is 3. The van der Waals surface area contributed by atoms with E-state index in [0.717, 1.165) is 16.7 Å². The summed E-state index contributed by atoms with van der Waals surface area (Å²) in [7, 11) is 0. The van der Waals surface area contributed by atoms with Crippen LogP contribution in [0, 0.1) is 5.41 Å². The molecule has 1 aliphatic rings. The number of hydrogen-bond donors (Lipinski definition) is 1. The Hall–Kier alpha value is -1.96. The van der Waals surface area contributed by atoms with Gasteiger partial charge in [0.2, 0.25) is 3.79 Å². The molecule has 0 aromatic heterocycles. The molecular weight excluding hydrogens is 533 g/mol. The zero-order chi connectivity index (χ0) is 26.1. The van der Waals surface area contributed by atoms with E-state index in [-0.39, 0.29) is 18.7 Å². The van der Waals surface area contributed by atoms with Gasteiger partial charge >= 0.3 is 0 Å². The van der Waals surface area contributed by atoms with Gasteiger partial charge in [-0.05, 0) is 16.7 Å². The van der Waals surface area contributed by atoms with Crippen LogP contribution in [-0.2, 0) is 38.8 Å². The predicted molar refractivity (Wildman–Crippen MR) is 147 cm³/mol. The number of nitrogens with one attached hydrogen (secondary N) is 1. The number of hydrogen-bond acceptors (Lipinski definition) is 5. The van der Waals surface area contributed by atoms with Crippen molar-refractivity contribution >= 4 is 40.5 Å². The van der Waals surface area contributed by atoms with Crippen LogP contribution in [0.3, 0.4) is 0 Å². The Morgan fingerprint density at radius 2 is 1.14 bits per heavy atom. The van der Waals surface area contributed by atoms with Crippen LogP contribution in [-0.4, -0.2) is 40.5 Å². The van der Waals surface area contributed by atoms with E-state index in [1.54, 1.807) is 0 Å². The average Bonchev–Trinajstić information content (AvgIpc) is 2.91. The smallest absolute Gasteiger partial charge is 0.228 e. The zero-order valence-corrected chi connectivity index (χ0v) is 22.5. The van der Waals surface area contributed by atoms with Crippen LogP contribution >= 0.6 is 34.8 Å². The summed E-state index contributed by atoms with van der Waals surface area (Å²) >= 11 is 18.0. The van der Waals surface area contributed by atoms with Crippen molar-refractivity contribution < 1.29 is 18.9 Å². The summed E-state index contributed by atoms with van der Waals surface area (Å²) in [5, 5.41) is 8.31. The van der Waals surface area contributed by atoms with Gasteiger partial charge in [-0.1, -0.05) is 126 Å². The molecule has 0 saturated carbocycles. The van der Waals surface area contributed by atoms with Gasteiger partial charge in [-0.25, -0.2) is 0 Å². The number of benzene rings is 3. The van der Waals surface area contributed by atoms with Gasteiger partial charge in [0, 0.05) is 6.42 Å². The molecule has 4 atom stereocenters. The fourth-order valence-electron chi connectivity index (χ4n) is 4.18. The molecule has 3 aromatic carbocycles. The van der Waals surface area contributed by atoms with Gasteiger partial charge in [-0.3, -0.25) is 0 Å². The first-order chi connectivity index (χ1) is 17.9. The molecule has 2 unspecified atom stereocenters. The van der Waals surface area contributed by atoms with E-state index in [1.165, 1.54) is 0 Å². The second kappa shape index (κ2) is 13.7. The Balaban J connectivity index is 1.56. The van der Waals surface area contributed by atoms with Crippen LogP contribution in [0.4, 0.5) is 0 Å². The Morgan fingerprint density at radius 1 is 0.703 bits per heavy atom. The molecule has 1 N–H and O–H groups in total. The first-order valence-electron chi connectivity index (χ1n) is 12.1. The van der Waals surface area contributed by atoms with E-state index in [0.29, 0.717) is 19.8 Å². The van der Waals surface area contributed by atoms with Gasteiger partial charge in [-0.15, -0.1) is 0 Å². The van der Waals surface area contributed by atoms with E-state index in [9.17, 15) is 0 Å². The lowest BCUT2D eigenvalue weighted by Crippen LogP contribution is -2.56. The molecule has 0 aliphatic carbocycles. The molecule has 1 saturated heterocycles. The fraction of sp³-hybridized carbons (Fsp3) is 0.345. The van der Waals surface area contributed by atoms with Crippen LogP contribution in [0.25, 0.3) is 0 Å². The van der Waals surface area contributed by atoms with Gasteiger partial charge in [0.05, 0.1) is 38.2 Å². The van der Waals surface area contributed by atoms with Gasteiger partial charge < -0.3 is 24.4 Å².